The van der Waals surface area contributed by atoms with E-state index in [0.29, 0.717) is 6.42 Å². The highest BCUT2D eigenvalue weighted by Crippen LogP contribution is 2.12. The van der Waals surface area contributed by atoms with E-state index in [-0.39, 0.29) is 30.4 Å². The molecule has 0 heterocycles. The van der Waals surface area contributed by atoms with Gasteiger partial charge in [0.05, 0.1) is 32.0 Å². The molecule has 0 fully saturated rings. The summed E-state index contributed by atoms with van der Waals surface area (Å²) in [6, 6.07) is -11.5. The van der Waals surface area contributed by atoms with Gasteiger partial charge in [-0.3, -0.25) is 47.9 Å². The first-order chi connectivity index (χ1) is 28.8. The quantitative estimate of drug-likeness (QED) is 0.0314. The van der Waals surface area contributed by atoms with Crippen molar-refractivity contribution in [3.63, 3.8) is 0 Å². The van der Waals surface area contributed by atoms with Crippen LogP contribution < -0.4 is 54.0 Å². The summed E-state index contributed by atoms with van der Waals surface area (Å²) in [5.74, 6) is -12.9. The number of primary amides is 1. The summed E-state index contributed by atoms with van der Waals surface area (Å²) in [6.45, 7) is 9.71. The van der Waals surface area contributed by atoms with Gasteiger partial charge in [0.1, 0.15) is 42.3 Å². The number of amides is 9. The smallest absolute Gasteiger partial charge is 0.326 e. The van der Waals surface area contributed by atoms with Crippen molar-refractivity contribution in [2.24, 2.45) is 29.2 Å². The van der Waals surface area contributed by atoms with Gasteiger partial charge in [-0.05, 0) is 37.5 Å². The van der Waals surface area contributed by atoms with Crippen LogP contribution in [-0.2, 0) is 52.7 Å². The Morgan fingerprint density at radius 3 is 1.42 bits per heavy atom. The third-order valence-corrected chi connectivity index (χ3v) is 9.36. The van der Waals surface area contributed by atoms with Crippen molar-refractivity contribution in [3.8, 4) is 0 Å². The summed E-state index contributed by atoms with van der Waals surface area (Å²) >= 11 is 4.01. The van der Waals surface area contributed by atoms with Crippen molar-refractivity contribution in [1.29, 1.82) is 0 Å². The number of carbonyl (C=O) groups is 11. The fraction of sp³-hybridized carbons (Fsp3) is 0.703. The lowest BCUT2D eigenvalue weighted by Crippen LogP contribution is -2.60. The van der Waals surface area contributed by atoms with Crippen LogP contribution in [0.3, 0.4) is 0 Å². The van der Waals surface area contributed by atoms with Gasteiger partial charge in [0.25, 0.3) is 0 Å². The fourth-order valence-corrected chi connectivity index (χ4v) is 5.71. The van der Waals surface area contributed by atoms with Crippen molar-refractivity contribution < 1.29 is 68.1 Å². The van der Waals surface area contributed by atoms with Gasteiger partial charge in [-0.1, -0.05) is 48.0 Å². The lowest BCUT2D eigenvalue weighted by atomic mass is 9.97. The van der Waals surface area contributed by atoms with Gasteiger partial charge in [0.15, 0.2) is 0 Å². The molecule has 9 atom stereocenters. The summed E-state index contributed by atoms with van der Waals surface area (Å²) < 4.78 is 0. The monoisotopic (exact) mass is 904 g/mol. The molecule has 0 saturated carbocycles. The predicted octanol–water partition coefficient (Wildman–Crippen LogP) is -4.66. The molecule has 0 aliphatic rings. The number of aliphatic hydroxyl groups excluding tert-OH is 1. The zero-order valence-corrected chi connectivity index (χ0v) is 36.8. The van der Waals surface area contributed by atoms with E-state index < -0.39 is 145 Å². The molecule has 0 rings (SSSR count). The minimum absolute atomic E-state index is 0.0256. The third-order valence-electron chi connectivity index (χ3n) is 8.99. The molecule has 24 nitrogen and oxygen atoms in total. The van der Waals surface area contributed by atoms with Gasteiger partial charge in [-0.2, -0.15) is 12.6 Å². The Morgan fingerprint density at radius 1 is 0.565 bits per heavy atom. The van der Waals surface area contributed by atoms with E-state index in [2.05, 4.69) is 55.2 Å². The highest BCUT2D eigenvalue weighted by Gasteiger charge is 2.35. The lowest BCUT2D eigenvalue weighted by Gasteiger charge is -2.27. The van der Waals surface area contributed by atoms with E-state index >= 15 is 0 Å². The number of carbonyl (C=O) groups excluding carboxylic acids is 9. The normalized spacial score (nSPS) is 15.4. The number of aliphatic carboxylic acids is 2. The first-order valence-corrected chi connectivity index (χ1v) is 20.5. The van der Waals surface area contributed by atoms with Crippen molar-refractivity contribution in [1.82, 2.24) is 42.5 Å². The first-order valence-electron chi connectivity index (χ1n) is 19.9. The molecule has 0 aliphatic carbocycles. The van der Waals surface area contributed by atoms with E-state index in [1.807, 2.05) is 0 Å². The SMILES string of the molecule is CC[C@H](C)[C@H](NC(=O)[C@H](CC(C)C)NC(=O)[C@H](CC(=O)O)NC(=O)[C@H](CC(C)C)NC(=O)CNC(=O)[C@H](CO)NC(=O)[C@H](CS)NC(=O)[C@H](CC(N)=O)NC(=O)[C@H](C)N)C(=O)O. The number of rotatable bonds is 29. The van der Waals surface area contributed by atoms with Crippen molar-refractivity contribution in [3.05, 3.63) is 0 Å². The molecule has 0 bridgehead atoms. The average Bonchev–Trinajstić information content (AvgIpc) is 3.17. The molecule has 0 radical (unpaired) electrons. The number of hydrogen-bond donors (Lipinski definition) is 14. The van der Waals surface area contributed by atoms with E-state index in [0.717, 1.165) is 0 Å². The van der Waals surface area contributed by atoms with Crippen LogP contribution in [0, 0.1) is 17.8 Å². The van der Waals surface area contributed by atoms with E-state index in [1.54, 1.807) is 41.5 Å². The Kier molecular flexibility index (Phi) is 25.6. The number of carboxylic acid groups (broad SMARTS) is 2. The minimum atomic E-state index is -1.76. The fourth-order valence-electron chi connectivity index (χ4n) is 5.45. The number of thiol groups is 1. The van der Waals surface area contributed by atoms with Crippen molar-refractivity contribution in [2.45, 2.75) is 129 Å². The molecular weight excluding hydrogens is 841 g/mol. The summed E-state index contributed by atoms with van der Waals surface area (Å²) in [7, 11) is 0. The average molecular weight is 905 g/mol. The van der Waals surface area contributed by atoms with Crippen LogP contribution in [0.1, 0.15) is 80.6 Å². The van der Waals surface area contributed by atoms with Gasteiger partial charge in [-0.15, -0.1) is 0 Å². The van der Waals surface area contributed by atoms with Gasteiger partial charge in [-0.25, -0.2) is 4.79 Å². The van der Waals surface area contributed by atoms with Crippen LogP contribution in [0.5, 0.6) is 0 Å². The Hall–Kier alpha value is -5.56. The molecular formula is C37H64N10O14S. The maximum absolute atomic E-state index is 13.5. The number of aliphatic hydroxyl groups is 1. The zero-order valence-electron chi connectivity index (χ0n) is 35.9. The summed E-state index contributed by atoms with van der Waals surface area (Å²) in [4.78, 5) is 139. The molecule has 0 unspecified atom stereocenters. The molecule has 352 valence electrons. The summed E-state index contributed by atoms with van der Waals surface area (Å²) in [5, 5.41) is 47.4. The van der Waals surface area contributed by atoms with Crippen molar-refractivity contribution in [2.75, 3.05) is 18.9 Å². The van der Waals surface area contributed by atoms with E-state index in [4.69, 9.17) is 11.5 Å². The standard InChI is InChI=1S/C37H64N10O14S/c1-8-18(6)29(37(60)61)47-35(58)21(10-17(4)5)43-34(57)23(12-28(51)52)44-32(55)20(9-16(2)3)41-27(50)13-40-31(54)24(14-48)45-36(59)25(15-62)46-33(56)22(11-26(39)49)42-30(53)19(7)38/h16-25,29,48,62H,8-15,38H2,1-7H3,(H2,39,49)(H,40,54)(H,41,50)(H,42,53)(H,43,57)(H,44,55)(H,45,59)(H,46,56)(H,47,58)(H,51,52)(H,60,61)/t18-,19-,20-,21-,22-,23-,24-,25-,29-/m0/s1. The minimum Gasteiger partial charge on any atom is -0.481 e. The topological polar surface area (TPSA) is 397 Å². The number of nitrogens with one attached hydrogen (secondary N) is 8. The molecule has 62 heavy (non-hydrogen) atoms. The Morgan fingerprint density at radius 2 is 0.984 bits per heavy atom. The maximum Gasteiger partial charge on any atom is 0.326 e. The van der Waals surface area contributed by atoms with Gasteiger partial charge >= 0.3 is 11.9 Å². The number of nitrogens with two attached hydrogens (primary N) is 2. The molecule has 0 saturated heterocycles. The van der Waals surface area contributed by atoms with Gasteiger partial charge in [0, 0.05) is 5.75 Å². The largest absolute Gasteiger partial charge is 0.481 e. The molecule has 0 spiro atoms. The van der Waals surface area contributed by atoms with Crippen LogP contribution in [-0.4, -0.2) is 148 Å². The van der Waals surface area contributed by atoms with Crippen LogP contribution in [0.4, 0.5) is 0 Å². The van der Waals surface area contributed by atoms with Crippen LogP contribution >= 0.6 is 12.6 Å². The molecule has 15 N–H and O–H groups in total. The third kappa shape index (κ3) is 21.3. The first kappa shape index (κ1) is 56.4. The predicted molar refractivity (Wildman–Crippen MR) is 223 cm³/mol. The van der Waals surface area contributed by atoms with E-state index in [1.165, 1.54) is 6.92 Å². The lowest BCUT2D eigenvalue weighted by molar-refractivity contribution is -0.144. The Labute approximate surface area is 364 Å². The molecule has 25 heteroatoms. The van der Waals surface area contributed by atoms with Crippen LogP contribution in [0.15, 0.2) is 0 Å². The second kappa shape index (κ2) is 28.1. The van der Waals surface area contributed by atoms with Gasteiger partial charge < -0.3 is 69.3 Å². The van der Waals surface area contributed by atoms with Crippen LogP contribution in [0.2, 0.25) is 0 Å². The maximum atomic E-state index is 13.5. The molecule has 0 aromatic carbocycles. The second-order valence-corrected chi connectivity index (χ2v) is 15.9. The van der Waals surface area contributed by atoms with Crippen LogP contribution in [0.25, 0.3) is 0 Å². The van der Waals surface area contributed by atoms with E-state index in [9.17, 15) is 68.1 Å². The highest BCUT2D eigenvalue weighted by atomic mass is 32.1. The molecule has 0 aliphatic heterocycles. The highest BCUT2D eigenvalue weighted by molar-refractivity contribution is 7.80. The zero-order chi connectivity index (χ0) is 48.0. The second-order valence-electron chi connectivity index (χ2n) is 15.5. The Balaban J connectivity index is 5.89. The van der Waals surface area contributed by atoms with Crippen molar-refractivity contribution >= 4 is 77.7 Å². The molecule has 0 aromatic rings. The number of carboxylic acids is 2. The van der Waals surface area contributed by atoms with Gasteiger partial charge in [0.2, 0.25) is 53.2 Å². The Bertz CT molecular complexity index is 1610. The molecule has 0 aromatic heterocycles. The molecule has 9 amide bonds. The summed E-state index contributed by atoms with van der Waals surface area (Å²) in [5.41, 5.74) is 10.7. The number of hydrogen-bond acceptors (Lipinski definition) is 14. The summed E-state index contributed by atoms with van der Waals surface area (Å²) in [6.07, 6.45) is -1.20.